The maximum Gasteiger partial charge on any atom is 0.228 e. The quantitative estimate of drug-likeness (QED) is 0.381. The van der Waals surface area contributed by atoms with Crippen molar-refractivity contribution in [1.82, 2.24) is 5.32 Å². The van der Waals surface area contributed by atoms with Gasteiger partial charge in [-0.25, -0.2) is 0 Å². The van der Waals surface area contributed by atoms with Crippen LogP contribution < -0.4 is 16.4 Å². The summed E-state index contributed by atoms with van der Waals surface area (Å²) < 4.78 is 0. The number of rotatable bonds is 7. The molecule has 1 aliphatic carbocycles. The highest BCUT2D eigenvalue weighted by molar-refractivity contribution is 6.40. The van der Waals surface area contributed by atoms with Crippen molar-refractivity contribution >= 4 is 40.6 Å². The number of carbonyl (C=O) groups excluding carboxylic acids is 1. The Labute approximate surface area is 222 Å². The average molecular weight is 527 g/mol. The molecule has 36 heavy (non-hydrogen) atoms. The molecule has 0 spiro atoms. The highest BCUT2D eigenvalue weighted by atomic mass is 35.5. The highest BCUT2D eigenvalue weighted by Gasteiger charge is 2.34. The fourth-order valence-electron chi connectivity index (χ4n) is 4.87. The van der Waals surface area contributed by atoms with E-state index in [1.165, 1.54) is 0 Å². The van der Waals surface area contributed by atoms with Crippen molar-refractivity contribution in [2.75, 3.05) is 18.4 Å². The average Bonchev–Trinajstić information content (AvgIpc) is 2.86. The summed E-state index contributed by atoms with van der Waals surface area (Å²) in [6, 6.07) is 13.5. The Balaban J connectivity index is 1.52. The molecule has 4 atom stereocenters. The third-order valence-electron chi connectivity index (χ3n) is 6.86. The number of allylic oxidation sites excluding steroid dienone is 4. The maximum atomic E-state index is 13.4. The summed E-state index contributed by atoms with van der Waals surface area (Å²) in [4.78, 5) is 18.0. The van der Waals surface area contributed by atoms with Gasteiger partial charge in [0, 0.05) is 40.2 Å². The number of amidine groups is 1. The summed E-state index contributed by atoms with van der Waals surface area (Å²) in [7, 11) is 0. The Kier molecular flexibility index (Phi) is 8.52. The summed E-state index contributed by atoms with van der Waals surface area (Å²) in [6.07, 6.45) is 4.13. The molecule has 1 heterocycles. The Bertz CT molecular complexity index is 1220. The first-order valence-corrected chi connectivity index (χ1v) is 13.0. The van der Waals surface area contributed by atoms with E-state index in [-0.39, 0.29) is 23.7 Å². The van der Waals surface area contributed by atoms with E-state index in [1.807, 2.05) is 62.4 Å². The van der Waals surface area contributed by atoms with E-state index in [1.54, 1.807) is 6.08 Å². The molecule has 4 rings (SSSR count). The SMILES string of the molecule is Cc1cccc(C(O)NC2=NCCc3ccc(NC(=O)C(CCN)C4C=CC(Cl)=C(Cl)C4C)cc32)c1. The fourth-order valence-corrected chi connectivity index (χ4v) is 5.32. The monoisotopic (exact) mass is 526 g/mol. The van der Waals surface area contributed by atoms with Crippen LogP contribution in [0.15, 0.2) is 69.7 Å². The summed E-state index contributed by atoms with van der Waals surface area (Å²) in [5.74, 6) is -0.0580. The molecule has 0 radical (unpaired) electrons. The van der Waals surface area contributed by atoms with Gasteiger partial charge in [-0.2, -0.15) is 0 Å². The number of fused-ring (bicyclic) bond motifs is 1. The number of benzene rings is 2. The van der Waals surface area contributed by atoms with E-state index >= 15 is 0 Å². The number of nitrogens with zero attached hydrogens (tertiary/aromatic N) is 1. The number of aliphatic imine (C=N–C) groups is 1. The number of nitrogens with two attached hydrogens (primary N) is 1. The van der Waals surface area contributed by atoms with Crippen molar-refractivity contribution in [2.24, 2.45) is 28.5 Å². The summed E-state index contributed by atoms with van der Waals surface area (Å²) >= 11 is 12.6. The van der Waals surface area contributed by atoms with Crippen LogP contribution in [0.2, 0.25) is 0 Å². The van der Waals surface area contributed by atoms with Gasteiger partial charge in [0.05, 0.1) is 5.03 Å². The van der Waals surface area contributed by atoms with Crippen LogP contribution in [0.5, 0.6) is 0 Å². The number of hydrogen-bond acceptors (Lipinski definition) is 5. The zero-order valence-electron chi connectivity index (χ0n) is 20.5. The van der Waals surface area contributed by atoms with Gasteiger partial charge in [-0.1, -0.05) is 72.1 Å². The molecule has 1 aliphatic heterocycles. The van der Waals surface area contributed by atoms with Crippen LogP contribution >= 0.6 is 23.2 Å². The van der Waals surface area contributed by atoms with E-state index < -0.39 is 6.23 Å². The van der Waals surface area contributed by atoms with Crippen molar-refractivity contribution in [1.29, 1.82) is 0 Å². The second kappa shape index (κ2) is 11.6. The van der Waals surface area contributed by atoms with E-state index in [2.05, 4.69) is 15.6 Å². The van der Waals surface area contributed by atoms with Crippen molar-refractivity contribution in [2.45, 2.75) is 32.9 Å². The maximum absolute atomic E-state index is 13.4. The molecule has 190 valence electrons. The molecule has 0 aromatic heterocycles. The Morgan fingerprint density at radius 3 is 2.81 bits per heavy atom. The lowest BCUT2D eigenvalue weighted by Gasteiger charge is -2.31. The number of anilines is 1. The van der Waals surface area contributed by atoms with Crippen LogP contribution in [0.3, 0.4) is 0 Å². The zero-order valence-corrected chi connectivity index (χ0v) is 22.0. The molecule has 6 nitrogen and oxygen atoms in total. The van der Waals surface area contributed by atoms with Crippen molar-refractivity contribution in [3.63, 3.8) is 0 Å². The molecule has 0 fully saturated rings. The van der Waals surface area contributed by atoms with Gasteiger partial charge in [-0.05, 0) is 56.0 Å². The van der Waals surface area contributed by atoms with Crippen LogP contribution in [0.4, 0.5) is 5.69 Å². The lowest BCUT2D eigenvalue weighted by Crippen LogP contribution is -2.35. The molecule has 4 unspecified atom stereocenters. The highest BCUT2D eigenvalue weighted by Crippen LogP contribution is 2.39. The van der Waals surface area contributed by atoms with E-state index in [9.17, 15) is 9.90 Å². The summed E-state index contributed by atoms with van der Waals surface area (Å²) in [5.41, 5.74) is 10.3. The van der Waals surface area contributed by atoms with Gasteiger partial charge in [0.1, 0.15) is 5.84 Å². The lowest BCUT2D eigenvalue weighted by molar-refractivity contribution is -0.121. The number of aliphatic hydroxyl groups excluding tert-OH is 1. The summed E-state index contributed by atoms with van der Waals surface area (Å²) in [6.45, 7) is 4.97. The van der Waals surface area contributed by atoms with E-state index in [4.69, 9.17) is 28.9 Å². The van der Waals surface area contributed by atoms with E-state index in [0.717, 1.165) is 28.7 Å². The molecule has 5 N–H and O–H groups in total. The first-order chi connectivity index (χ1) is 17.3. The first-order valence-electron chi connectivity index (χ1n) is 12.2. The molecule has 1 amide bonds. The first kappa shape index (κ1) is 26.4. The van der Waals surface area contributed by atoms with Crippen LogP contribution in [0.1, 0.15) is 41.8 Å². The predicted molar refractivity (Wildman–Crippen MR) is 147 cm³/mol. The number of hydrogen-bond donors (Lipinski definition) is 4. The number of aryl methyl sites for hydroxylation is 1. The van der Waals surface area contributed by atoms with Crippen LogP contribution in [0, 0.1) is 24.7 Å². The van der Waals surface area contributed by atoms with Crippen molar-refractivity contribution in [3.8, 4) is 0 Å². The largest absolute Gasteiger partial charge is 0.369 e. The number of halogens is 2. The van der Waals surface area contributed by atoms with Crippen LogP contribution in [-0.4, -0.2) is 29.9 Å². The Morgan fingerprint density at radius 1 is 1.25 bits per heavy atom. The molecular weight excluding hydrogens is 495 g/mol. The predicted octanol–water partition coefficient (Wildman–Crippen LogP) is 4.99. The molecule has 8 heteroatoms. The minimum Gasteiger partial charge on any atom is -0.369 e. The van der Waals surface area contributed by atoms with Crippen LogP contribution in [0.25, 0.3) is 0 Å². The van der Waals surface area contributed by atoms with Gasteiger partial charge in [-0.3, -0.25) is 9.79 Å². The van der Waals surface area contributed by atoms with E-state index in [0.29, 0.717) is 41.1 Å². The molecule has 2 aliphatic rings. The lowest BCUT2D eigenvalue weighted by atomic mass is 9.77. The standard InChI is InChI=1S/C28H32Cl2N4O2/c1-16-4-3-5-19(14-16)27(35)34-26-23-15-20(7-6-18(23)11-13-32-26)33-28(36)22(10-12-31)21-8-9-24(29)25(30)17(21)2/h3-9,14-15,17,21-22,27,35H,10-13,31H2,1-2H3,(H,32,34)(H,33,36). The minimum absolute atomic E-state index is 0.0824. The normalized spacial score (nSPS) is 20.9. The topological polar surface area (TPSA) is 99.7 Å². The molecule has 0 bridgehead atoms. The van der Waals surface area contributed by atoms with Crippen molar-refractivity contribution in [3.05, 3.63) is 86.9 Å². The van der Waals surface area contributed by atoms with Gasteiger partial charge in [0.2, 0.25) is 5.91 Å². The number of amides is 1. The molecule has 0 saturated heterocycles. The van der Waals surface area contributed by atoms with Crippen molar-refractivity contribution < 1.29 is 9.90 Å². The molecular formula is C28H32Cl2N4O2. The van der Waals surface area contributed by atoms with Gasteiger partial charge < -0.3 is 21.5 Å². The smallest absolute Gasteiger partial charge is 0.228 e. The number of nitrogens with one attached hydrogen (secondary N) is 2. The number of aliphatic hydroxyl groups is 1. The fraction of sp³-hybridized carbons (Fsp3) is 0.357. The van der Waals surface area contributed by atoms with Gasteiger partial charge in [0.25, 0.3) is 0 Å². The minimum atomic E-state index is -0.897. The Morgan fingerprint density at radius 2 is 2.06 bits per heavy atom. The second-order valence-corrected chi connectivity index (χ2v) is 10.2. The number of carbonyl (C=O) groups is 1. The van der Waals surface area contributed by atoms with Gasteiger partial charge >= 0.3 is 0 Å². The molecule has 2 aromatic carbocycles. The third-order valence-corrected chi connectivity index (χ3v) is 7.84. The summed E-state index contributed by atoms with van der Waals surface area (Å²) in [5, 5.41) is 18.1. The molecule has 2 aromatic rings. The molecule has 0 saturated carbocycles. The van der Waals surface area contributed by atoms with Crippen LogP contribution in [-0.2, 0) is 11.2 Å². The third kappa shape index (κ3) is 5.84. The van der Waals surface area contributed by atoms with Gasteiger partial charge in [-0.15, -0.1) is 0 Å². The second-order valence-electron chi connectivity index (χ2n) is 9.41. The van der Waals surface area contributed by atoms with Gasteiger partial charge in [0.15, 0.2) is 6.23 Å². The Hall–Kier alpha value is -2.64. The zero-order chi connectivity index (χ0) is 25.8.